The van der Waals surface area contributed by atoms with Gasteiger partial charge in [0.2, 0.25) is 0 Å². The highest BCUT2D eigenvalue weighted by Crippen LogP contribution is 2.45. The van der Waals surface area contributed by atoms with Crippen LogP contribution in [0.15, 0.2) is 0 Å². The summed E-state index contributed by atoms with van der Waals surface area (Å²) in [7, 11) is -9.93. The lowest BCUT2D eigenvalue weighted by atomic mass is 9.99. The van der Waals surface area contributed by atoms with Crippen LogP contribution in [0.25, 0.3) is 0 Å². The Morgan fingerprint density at radius 2 is 0.462 bits per heavy atom. The van der Waals surface area contributed by atoms with Gasteiger partial charge in [0.15, 0.2) is 12.2 Å². The van der Waals surface area contributed by atoms with E-state index in [0.717, 1.165) is 114 Å². The summed E-state index contributed by atoms with van der Waals surface area (Å²) in [5.41, 5.74) is 0. The van der Waals surface area contributed by atoms with Gasteiger partial charge >= 0.3 is 39.5 Å². The predicted molar refractivity (Wildman–Crippen MR) is 428 cm³/mol. The summed E-state index contributed by atoms with van der Waals surface area (Å²) in [4.78, 5) is 73.1. The van der Waals surface area contributed by atoms with Crippen LogP contribution in [0, 0.1) is 23.7 Å². The molecule has 0 aliphatic rings. The highest BCUT2D eigenvalue weighted by Gasteiger charge is 2.30. The number of carbonyl (C=O) groups is 4. The maximum atomic E-state index is 13.1. The average Bonchev–Trinajstić information content (AvgIpc) is 0.935. The largest absolute Gasteiger partial charge is 0.472 e. The molecule has 0 spiro atoms. The van der Waals surface area contributed by atoms with E-state index in [1.165, 1.54) is 238 Å². The van der Waals surface area contributed by atoms with Gasteiger partial charge in [-0.1, -0.05) is 389 Å². The second kappa shape index (κ2) is 73.8. The van der Waals surface area contributed by atoms with E-state index in [9.17, 15) is 43.2 Å². The van der Waals surface area contributed by atoms with Gasteiger partial charge in [-0.3, -0.25) is 37.3 Å². The van der Waals surface area contributed by atoms with E-state index >= 15 is 0 Å². The van der Waals surface area contributed by atoms with E-state index in [1.54, 1.807) is 0 Å². The highest BCUT2D eigenvalue weighted by molar-refractivity contribution is 7.47. The van der Waals surface area contributed by atoms with Crippen molar-refractivity contribution in [2.24, 2.45) is 23.7 Å². The Morgan fingerprint density at radius 3 is 0.683 bits per heavy atom. The Labute approximate surface area is 638 Å². The maximum absolute atomic E-state index is 13.1. The van der Waals surface area contributed by atoms with Crippen molar-refractivity contribution in [3.63, 3.8) is 0 Å². The molecule has 0 aromatic heterocycles. The van der Waals surface area contributed by atoms with Crippen molar-refractivity contribution < 1.29 is 80.2 Å². The first-order valence-electron chi connectivity index (χ1n) is 43.7. The number of ether oxygens (including phenoxy) is 4. The van der Waals surface area contributed by atoms with Gasteiger partial charge in [0.25, 0.3) is 0 Å². The van der Waals surface area contributed by atoms with Gasteiger partial charge < -0.3 is 33.8 Å². The molecule has 0 aromatic carbocycles. The third-order valence-corrected chi connectivity index (χ3v) is 22.1. The Kier molecular flexibility index (Phi) is 72.5. The Hall–Kier alpha value is -1.94. The molecule has 0 aliphatic heterocycles. The van der Waals surface area contributed by atoms with Crippen LogP contribution in [0.5, 0.6) is 0 Å². The van der Waals surface area contributed by atoms with Gasteiger partial charge in [-0.15, -0.1) is 0 Å². The first-order valence-corrected chi connectivity index (χ1v) is 46.7. The number of rotatable bonds is 82. The zero-order chi connectivity index (χ0) is 76.7. The lowest BCUT2D eigenvalue weighted by Gasteiger charge is -2.21. The topological polar surface area (TPSA) is 237 Å². The smallest absolute Gasteiger partial charge is 0.462 e. The maximum Gasteiger partial charge on any atom is 0.472 e. The van der Waals surface area contributed by atoms with Crippen LogP contribution in [-0.2, 0) is 65.4 Å². The van der Waals surface area contributed by atoms with Crippen molar-refractivity contribution in [2.45, 2.75) is 459 Å². The van der Waals surface area contributed by atoms with Gasteiger partial charge in [0.05, 0.1) is 26.4 Å². The minimum atomic E-state index is -4.97. The molecule has 19 heteroatoms. The zero-order valence-corrected chi connectivity index (χ0v) is 70.5. The fraction of sp³-hybridized carbons (Fsp3) is 0.953. The molecule has 0 saturated heterocycles. The van der Waals surface area contributed by atoms with Crippen molar-refractivity contribution in [2.75, 3.05) is 39.6 Å². The number of aliphatic hydroxyl groups is 1. The van der Waals surface area contributed by atoms with Crippen molar-refractivity contribution in [1.29, 1.82) is 0 Å². The van der Waals surface area contributed by atoms with Crippen LogP contribution in [0.2, 0.25) is 0 Å². The molecule has 0 radical (unpaired) electrons. The lowest BCUT2D eigenvalue weighted by Crippen LogP contribution is -2.30. The minimum Gasteiger partial charge on any atom is -0.462 e. The summed E-state index contributed by atoms with van der Waals surface area (Å²) < 4.78 is 68.8. The number of unbranched alkanes of at least 4 members (excludes halogenated alkanes) is 47. The van der Waals surface area contributed by atoms with Gasteiger partial charge in [-0.25, -0.2) is 9.13 Å². The van der Waals surface area contributed by atoms with Crippen LogP contribution in [0.1, 0.15) is 441 Å². The Balaban J connectivity index is 5.20. The van der Waals surface area contributed by atoms with Crippen LogP contribution in [0.3, 0.4) is 0 Å². The quantitative estimate of drug-likeness (QED) is 0.0222. The molecule has 618 valence electrons. The molecular weight excluding hydrogens is 1350 g/mol. The van der Waals surface area contributed by atoms with E-state index < -0.39 is 97.5 Å². The molecule has 0 amide bonds. The number of phosphoric acid groups is 2. The minimum absolute atomic E-state index is 0.106. The number of esters is 4. The number of hydrogen-bond acceptors (Lipinski definition) is 15. The van der Waals surface area contributed by atoms with E-state index in [1.807, 2.05) is 0 Å². The second-order valence-corrected chi connectivity index (χ2v) is 35.2. The summed E-state index contributed by atoms with van der Waals surface area (Å²) in [6.07, 6.45) is 62.6. The van der Waals surface area contributed by atoms with Crippen molar-refractivity contribution in [3.05, 3.63) is 0 Å². The van der Waals surface area contributed by atoms with E-state index in [4.69, 9.17) is 37.0 Å². The molecule has 0 heterocycles. The molecule has 0 bridgehead atoms. The standard InChI is InChI=1S/C85H166O17P2/c1-9-78(8)64-56-48-39-33-27-20-16-12-10-11-13-17-21-29-35-41-51-59-67-84(89)101-80(71-95-82(87)65-57-49-40-34-28-24-23-26-32-38-46-54-62-76(4)5)73-99-103(91,92)97-69-79(86)70-98-104(93,94)100-74-81(72-96-83(88)66-58-50-44-43-47-55-63-77(6)7)102-85(90)68-60-52-42-36-30-22-18-14-15-19-25-31-37-45-53-61-75(2)3/h75-81,86H,9-74H2,1-8H3,(H,91,92)(H,93,94)/t78?,79?,80-,81-/m1/s1. The molecule has 0 fully saturated rings. The number of phosphoric ester groups is 2. The fourth-order valence-electron chi connectivity index (χ4n) is 13.1. The lowest BCUT2D eigenvalue weighted by molar-refractivity contribution is -0.161. The van der Waals surface area contributed by atoms with Crippen LogP contribution >= 0.6 is 15.6 Å². The molecule has 0 aliphatic carbocycles. The monoisotopic (exact) mass is 1520 g/mol. The molecule has 0 saturated carbocycles. The molecule has 6 atom stereocenters. The number of carbonyl (C=O) groups excluding carboxylic acids is 4. The third kappa shape index (κ3) is 76.8. The van der Waals surface area contributed by atoms with Gasteiger partial charge in [-0.2, -0.15) is 0 Å². The second-order valence-electron chi connectivity index (χ2n) is 32.2. The predicted octanol–water partition coefficient (Wildman–Crippen LogP) is 25.6. The van der Waals surface area contributed by atoms with Crippen molar-refractivity contribution in [1.82, 2.24) is 0 Å². The van der Waals surface area contributed by atoms with Crippen molar-refractivity contribution in [3.8, 4) is 0 Å². The molecule has 104 heavy (non-hydrogen) atoms. The average molecular weight is 1520 g/mol. The SMILES string of the molecule is CCC(C)CCCCCCCCCCCCCCCCCCCCC(=O)O[C@H](COC(=O)CCCCCCCCCCCCCCC(C)C)COP(=O)(O)OCC(O)COP(=O)(O)OC[C@@H](COC(=O)CCCCCCCCC(C)C)OC(=O)CCCCCCCCCCCCCCCCCC(C)C. The summed E-state index contributed by atoms with van der Waals surface area (Å²) in [5.74, 6) is 1.02. The highest BCUT2D eigenvalue weighted by atomic mass is 31.2. The first kappa shape index (κ1) is 102. The van der Waals surface area contributed by atoms with Crippen LogP contribution in [-0.4, -0.2) is 96.7 Å². The van der Waals surface area contributed by atoms with Crippen LogP contribution < -0.4 is 0 Å². The molecule has 0 aromatic rings. The first-order chi connectivity index (χ1) is 50.1. The summed E-state index contributed by atoms with van der Waals surface area (Å²) in [5, 5.41) is 10.7. The summed E-state index contributed by atoms with van der Waals surface area (Å²) in [6.45, 7) is 14.3. The molecule has 0 rings (SSSR count). The number of hydrogen-bond donors (Lipinski definition) is 3. The Morgan fingerprint density at radius 1 is 0.269 bits per heavy atom. The molecular formula is C85H166O17P2. The molecule has 4 unspecified atom stereocenters. The van der Waals surface area contributed by atoms with Crippen molar-refractivity contribution >= 4 is 39.5 Å². The Bertz CT molecular complexity index is 2030. The van der Waals surface area contributed by atoms with E-state index in [0.29, 0.717) is 31.6 Å². The van der Waals surface area contributed by atoms with E-state index in [2.05, 4.69) is 55.4 Å². The molecule has 3 N–H and O–H groups in total. The fourth-order valence-corrected chi connectivity index (χ4v) is 14.7. The zero-order valence-electron chi connectivity index (χ0n) is 68.7. The summed E-state index contributed by atoms with van der Waals surface area (Å²) >= 11 is 0. The van der Waals surface area contributed by atoms with E-state index in [-0.39, 0.29) is 25.7 Å². The van der Waals surface area contributed by atoms with Gasteiger partial charge in [0, 0.05) is 25.7 Å². The van der Waals surface area contributed by atoms with Gasteiger partial charge in [-0.05, 0) is 49.4 Å². The number of aliphatic hydroxyl groups excluding tert-OH is 1. The molecule has 17 nitrogen and oxygen atoms in total. The third-order valence-electron chi connectivity index (χ3n) is 20.2. The van der Waals surface area contributed by atoms with Crippen LogP contribution in [0.4, 0.5) is 0 Å². The summed E-state index contributed by atoms with van der Waals surface area (Å²) in [6, 6.07) is 0. The normalized spacial score (nSPS) is 14.2. The van der Waals surface area contributed by atoms with Gasteiger partial charge in [0.1, 0.15) is 19.3 Å².